The average Bonchev–Trinajstić information content (AvgIpc) is 2.86. The molecule has 3 N–H and O–H groups in total. The molecule has 0 aliphatic rings. The number of hydrogen-bond acceptors (Lipinski definition) is 6. The van der Waals surface area contributed by atoms with E-state index < -0.39 is 12.0 Å². The summed E-state index contributed by atoms with van der Waals surface area (Å²) < 4.78 is 10.2. The highest BCUT2D eigenvalue weighted by atomic mass is 16.5. The lowest BCUT2D eigenvalue weighted by atomic mass is 10.0. The fourth-order valence-corrected chi connectivity index (χ4v) is 3.81. The molecule has 0 spiro atoms. The molecule has 36 heavy (non-hydrogen) atoms. The molecule has 2 amide bonds. The van der Waals surface area contributed by atoms with E-state index in [0.717, 1.165) is 19.3 Å². The van der Waals surface area contributed by atoms with Gasteiger partial charge in [-0.25, -0.2) is 4.79 Å². The van der Waals surface area contributed by atoms with Gasteiger partial charge in [0.1, 0.15) is 18.9 Å². The highest BCUT2D eigenvalue weighted by Gasteiger charge is 2.20. The van der Waals surface area contributed by atoms with E-state index in [4.69, 9.17) is 9.47 Å². The Balaban J connectivity index is 3.71. The summed E-state index contributed by atoms with van der Waals surface area (Å²) in [5.74, 6) is -1.72. The van der Waals surface area contributed by atoms with Gasteiger partial charge in [0.25, 0.3) is 0 Å². The number of amides is 2. The summed E-state index contributed by atoms with van der Waals surface area (Å²) in [7, 11) is 0. The van der Waals surface area contributed by atoms with Gasteiger partial charge in [0, 0.05) is 19.4 Å². The maximum atomic E-state index is 12.1. The van der Waals surface area contributed by atoms with Crippen LogP contribution in [0.15, 0.2) is 0 Å². The van der Waals surface area contributed by atoms with Gasteiger partial charge in [0.05, 0.1) is 19.8 Å². The largest absolute Gasteiger partial charge is 0.480 e. The molecular weight excluding hydrogens is 464 g/mol. The van der Waals surface area contributed by atoms with Crippen LogP contribution in [0.1, 0.15) is 110 Å². The predicted molar refractivity (Wildman–Crippen MR) is 140 cm³/mol. The monoisotopic (exact) mass is 514 g/mol. The number of unbranched alkanes of at least 4 members (excludes halogenated alkanes) is 12. The van der Waals surface area contributed by atoms with Crippen molar-refractivity contribution in [1.82, 2.24) is 10.6 Å². The van der Waals surface area contributed by atoms with E-state index in [-0.39, 0.29) is 44.4 Å². The zero-order valence-electron chi connectivity index (χ0n) is 22.4. The van der Waals surface area contributed by atoms with Crippen LogP contribution < -0.4 is 10.6 Å². The second kappa shape index (κ2) is 26.1. The number of carbonyl (C=O) groups excluding carboxylic acids is 3. The summed E-state index contributed by atoms with van der Waals surface area (Å²) >= 11 is 0. The number of rotatable bonds is 27. The first-order valence-electron chi connectivity index (χ1n) is 13.9. The van der Waals surface area contributed by atoms with E-state index in [9.17, 15) is 24.3 Å². The Morgan fingerprint density at radius 1 is 0.750 bits per heavy atom. The molecular formula is C27H50N2O7. The zero-order valence-corrected chi connectivity index (χ0v) is 22.4. The predicted octanol–water partition coefficient (Wildman–Crippen LogP) is 4.17. The minimum Gasteiger partial charge on any atom is -0.480 e. The van der Waals surface area contributed by atoms with Gasteiger partial charge in [-0.15, -0.1) is 0 Å². The Morgan fingerprint density at radius 3 is 1.86 bits per heavy atom. The third-order valence-electron chi connectivity index (χ3n) is 5.93. The molecule has 9 nitrogen and oxygen atoms in total. The summed E-state index contributed by atoms with van der Waals surface area (Å²) in [6, 6.07) is -1.07. The van der Waals surface area contributed by atoms with Crippen molar-refractivity contribution in [3.05, 3.63) is 0 Å². The van der Waals surface area contributed by atoms with E-state index in [1.165, 1.54) is 64.2 Å². The van der Waals surface area contributed by atoms with Crippen LogP contribution in [0.25, 0.3) is 0 Å². The summed E-state index contributed by atoms with van der Waals surface area (Å²) in [4.78, 5) is 45.6. The van der Waals surface area contributed by atoms with Crippen molar-refractivity contribution in [3.63, 3.8) is 0 Å². The van der Waals surface area contributed by atoms with E-state index >= 15 is 0 Å². The number of aldehydes is 1. The molecule has 0 aliphatic heterocycles. The van der Waals surface area contributed by atoms with Crippen LogP contribution >= 0.6 is 0 Å². The Bertz CT molecular complexity index is 572. The van der Waals surface area contributed by atoms with Crippen molar-refractivity contribution in [2.24, 2.45) is 0 Å². The van der Waals surface area contributed by atoms with Crippen molar-refractivity contribution in [3.8, 4) is 0 Å². The molecule has 0 aromatic carbocycles. The first kappa shape index (κ1) is 34.0. The molecule has 0 rings (SSSR count). The zero-order chi connectivity index (χ0) is 26.7. The van der Waals surface area contributed by atoms with Crippen molar-refractivity contribution in [2.75, 3.05) is 33.0 Å². The van der Waals surface area contributed by atoms with Gasteiger partial charge in [0.2, 0.25) is 11.8 Å². The Labute approximate surface area is 217 Å². The summed E-state index contributed by atoms with van der Waals surface area (Å²) in [5.41, 5.74) is 0. The van der Waals surface area contributed by atoms with Crippen molar-refractivity contribution < 1.29 is 33.8 Å². The highest BCUT2D eigenvalue weighted by molar-refractivity contribution is 5.84. The molecule has 0 saturated heterocycles. The molecule has 0 aromatic heterocycles. The first-order valence-corrected chi connectivity index (χ1v) is 13.9. The highest BCUT2D eigenvalue weighted by Crippen LogP contribution is 2.13. The molecule has 0 bridgehead atoms. The van der Waals surface area contributed by atoms with Crippen LogP contribution in [0.5, 0.6) is 0 Å². The molecule has 9 heteroatoms. The van der Waals surface area contributed by atoms with Gasteiger partial charge >= 0.3 is 5.97 Å². The Morgan fingerprint density at radius 2 is 1.31 bits per heavy atom. The number of ether oxygens (including phenoxy) is 2. The standard InChI is InChI=1S/C27H50N2O7/c1-2-3-4-5-6-7-8-9-10-11-12-13-14-15-26(32)29-24(27(33)34)16-17-25(31)28-18-20-35-22-23-36-21-19-30/h19,24H,2-18,20-23H2,1H3,(H,28,31)(H,29,32)(H,33,34). The Hall–Kier alpha value is -2.00. The van der Waals surface area contributed by atoms with Gasteiger partial charge in [-0.3, -0.25) is 9.59 Å². The molecule has 0 saturated carbocycles. The molecule has 1 unspecified atom stereocenters. The van der Waals surface area contributed by atoms with Crippen molar-refractivity contribution >= 4 is 24.1 Å². The van der Waals surface area contributed by atoms with Crippen molar-refractivity contribution in [1.29, 1.82) is 0 Å². The fraction of sp³-hybridized carbons (Fsp3) is 0.852. The van der Waals surface area contributed by atoms with Crippen molar-refractivity contribution in [2.45, 2.75) is 116 Å². The van der Waals surface area contributed by atoms with Crippen LogP contribution in [-0.2, 0) is 28.7 Å². The van der Waals surface area contributed by atoms with Gasteiger partial charge in [-0.1, -0.05) is 84.0 Å². The van der Waals surface area contributed by atoms with Gasteiger partial charge in [0.15, 0.2) is 0 Å². The van der Waals surface area contributed by atoms with E-state index in [2.05, 4.69) is 17.6 Å². The van der Waals surface area contributed by atoms with Gasteiger partial charge in [-0.05, 0) is 12.8 Å². The number of carbonyl (C=O) groups is 4. The van der Waals surface area contributed by atoms with E-state index in [0.29, 0.717) is 25.9 Å². The molecule has 0 aliphatic carbocycles. The van der Waals surface area contributed by atoms with Crippen LogP contribution in [0.2, 0.25) is 0 Å². The maximum Gasteiger partial charge on any atom is 0.326 e. The van der Waals surface area contributed by atoms with Gasteiger partial charge in [-0.2, -0.15) is 0 Å². The number of carboxylic acids is 1. The van der Waals surface area contributed by atoms with Crippen LogP contribution in [0, 0.1) is 0 Å². The molecule has 0 radical (unpaired) electrons. The lowest BCUT2D eigenvalue weighted by Gasteiger charge is -2.14. The third-order valence-corrected chi connectivity index (χ3v) is 5.93. The van der Waals surface area contributed by atoms with E-state index in [1.807, 2.05) is 0 Å². The Kier molecular flexibility index (Phi) is 24.6. The smallest absolute Gasteiger partial charge is 0.326 e. The SMILES string of the molecule is CCCCCCCCCCCCCCCC(=O)NC(CCC(=O)NCCOCCOCC=O)C(=O)O. The molecule has 0 fully saturated rings. The average molecular weight is 515 g/mol. The third kappa shape index (κ3) is 23.7. The van der Waals surface area contributed by atoms with Crippen LogP contribution in [-0.4, -0.2) is 68.2 Å². The fourth-order valence-electron chi connectivity index (χ4n) is 3.81. The number of carboxylic acid groups (broad SMARTS) is 1. The summed E-state index contributed by atoms with van der Waals surface area (Å²) in [5, 5.41) is 14.5. The second-order valence-electron chi connectivity index (χ2n) is 9.19. The van der Waals surface area contributed by atoms with E-state index in [1.54, 1.807) is 0 Å². The number of nitrogens with one attached hydrogen (secondary N) is 2. The molecule has 1 atom stereocenters. The maximum absolute atomic E-state index is 12.1. The normalized spacial score (nSPS) is 11.7. The van der Waals surface area contributed by atoms with Crippen LogP contribution in [0.4, 0.5) is 0 Å². The number of hydrogen-bond donors (Lipinski definition) is 3. The summed E-state index contributed by atoms with van der Waals surface area (Å²) in [6.45, 7) is 3.45. The number of aliphatic carboxylic acids is 1. The minimum atomic E-state index is -1.14. The minimum absolute atomic E-state index is 0.00156. The lowest BCUT2D eigenvalue weighted by Crippen LogP contribution is -2.41. The molecule has 0 aromatic rings. The molecule has 0 heterocycles. The van der Waals surface area contributed by atoms with Gasteiger partial charge < -0.3 is 30.0 Å². The summed E-state index contributed by atoms with van der Waals surface area (Å²) in [6.07, 6.45) is 16.9. The quantitative estimate of drug-likeness (QED) is 0.111. The first-order chi connectivity index (χ1) is 17.5. The lowest BCUT2D eigenvalue weighted by molar-refractivity contribution is -0.142. The second-order valence-corrected chi connectivity index (χ2v) is 9.19. The van der Waals surface area contributed by atoms with Crippen LogP contribution in [0.3, 0.4) is 0 Å². The molecule has 210 valence electrons. The topological polar surface area (TPSA) is 131 Å².